The van der Waals surface area contributed by atoms with Gasteiger partial charge >= 0.3 is 0 Å². The predicted molar refractivity (Wildman–Crippen MR) is 50.1 cm³/mol. The summed E-state index contributed by atoms with van der Waals surface area (Å²) in [5.41, 5.74) is 5.85. The monoisotopic (exact) mass is 172 g/mol. The molecule has 0 saturated carbocycles. The number of nitrogens with two attached hydrogens (primary N) is 1. The summed E-state index contributed by atoms with van der Waals surface area (Å²) >= 11 is 0. The summed E-state index contributed by atoms with van der Waals surface area (Å²) in [5.74, 6) is 0. The molecule has 0 radical (unpaired) electrons. The molecule has 12 heavy (non-hydrogen) atoms. The zero-order valence-corrected chi connectivity index (χ0v) is 8.34. The average Bonchev–Trinajstić information content (AvgIpc) is 2.06. The number of hydrogen-bond acceptors (Lipinski definition) is 3. The van der Waals surface area contributed by atoms with E-state index in [9.17, 15) is 0 Å². The molecule has 2 N–H and O–H groups in total. The molecule has 0 aromatic rings. The number of rotatable bonds is 2. The molecule has 0 aliphatic carbocycles. The smallest absolute Gasteiger partial charge is 0.0666 e. The van der Waals surface area contributed by atoms with Crippen molar-refractivity contribution in [2.45, 2.75) is 31.4 Å². The highest BCUT2D eigenvalue weighted by molar-refractivity contribution is 4.92. The second-order valence-electron chi connectivity index (χ2n) is 3.98. The van der Waals surface area contributed by atoms with Crippen LogP contribution in [0.15, 0.2) is 0 Å². The molecule has 2 atom stereocenters. The molecule has 3 nitrogen and oxygen atoms in total. The molecule has 0 bridgehead atoms. The molecule has 1 aliphatic rings. The lowest BCUT2D eigenvalue weighted by molar-refractivity contribution is -0.0636. The van der Waals surface area contributed by atoms with E-state index in [0.29, 0.717) is 12.6 Å². The molecule has 2 unspecified atom stereocenters. The van der Waals surface area contributed by atoms with E-state index in [1.807, 2.05) is 0 Å². The normalized spacial score (nSPS) is 37.2. The van der Waals surface area contributed by atoms with Crippen LogP contribution in [-0.2, 0) is 4.74 Å². The van der Waals surface area contributed by atoms with Crippen molar-refractivity contribution < 1.29 is 4.74 Å². The first-order chi connectivity index (χ1) is 5.60. The minimum atomic E-state index is 0.0898. The van der Waals surface area contributed by atoms with E-state index in [1.165, 1.54) is 0 Å². The Morgan fingerprint density at radius 3 is 2.58 bits per heavy atom. The fourth-order valence-corrected chi connectivity index (χ4v) is 1.62. The lowest BCUT2D eigenvalue weighted by atomic mass is 9.89. The Morgan fingerprint density at radius 2 is 2.25 bits per heavy atom. The summed E-state index contributed by atoms with van der Waals surface area (Å²) in [4.78, 5) is 2.19. The third-order valence-corrected chi connectivity index (χ3v) is 2.98. The molecule has 0 aromatic heterocycles. The highest BCUT2D eigenvalue weighted by Crippen LogP contribution is 2.25. The van der Waals surface area contributed by atoms with Crippen LogP contribution in [0.25, 0.3) is 0 Å². The molecular weight excluding hydrogens is 152 g/mol. The van der Waals surface area contributed by atoms with Crippen molar-refractivity contribution in [3.63, 3.8) is 0 Å². The zero-order valence-electron chi connectivity index (χ0n) is 8.34. The summed E-state index contributed by atoms with van der Waals surface area (Å²) in [5, 5.41) is 0. The summed E-state index contributed by atoms with van der Waals surface area (Å²) in [6, 6.07) is 0. The Balaban J connectivity index is 2.57. The average molecular weight is 172 g/mol. The zero-order chi connectivity index (χ0) is 9.19. The summed E-state index contributed by atoms with van der Waals surface area (Å²) < 4.78 is 5.62. The van der Waals surface area contributed by atoms with Gasteiger partial charge in [-0.1, -0.05) is 0 Å². The Labute approximate surface area is 74.9 Å². The van der Waals surface area contributed by atoms with E-state index in [2.05, 4.69) is 25.9 Å². The predicted octanol–water partition coefficient (Wildman–Crippen LogP) is 0.444. The highest BCUT2D eigenvalue weighted by atomic mass is 16.5. The molecule has 1 saturated heterocycles. The Morgan fingerprint density at radius 1 is 1.58 bits per heavy atom. The first kappa shape index (κ1) is 9.96. The minimum absolute atomic E-state index is 0.0898. The van der Waals surface area contributed by atoms with Crippen LogP contribution < -0.4 is 5.73 Å². The second-order valence-corrected chi connectivity index (χ2v) is 3.98. The Kier molecular flexibility index (Phi) is 3.09. The topological polar surface area (TPSA) is 38.5 Å². The third-order valence-electron chi connectivity index (χ3n) is 2.98. The lowest BCUT2D eigenvalue weighted by Crippen LogP contribution is -2.56. The van der Waals surface area contributed by atoms with Crippen LogP contribution >= 0.6 is 0 Å². The highest BCUT2D eigenvalue weighted by Gasteiger charge is 2.35. The number of hydrogen-bond donors (Lipinski definition) is 1. The van der Waals surface area contributed by atoms with Crippen LogP contribution in [0.1, 0.15) is 19.8 Å². The molecule has 72 valence electrons. The largest absolute Gasteiger partial charge is 0.377 e. The van der Waals surface area contributed by atoms with Gasteiger partial charge < -0.3 is 15.4 Å². The van der Waals surface area contributed by atoms with E-state index in [-0.39, 0.29) is 5.54 Å². The summed E-state index contributed by atoms with van der Waals surface area (Å²) in [6.45, 7) is 3.58. The quantitative estimate of drug-likeness (QED) is 0.657. The fourth-order valence-electron chi connectivity index (χ4n) is 1.62. The van der Waals surface area contributed by atoms with E-state index < -0.39 is 0 Å². The van der Waals surface area contributed by atoms with Crippen LogP contribution in [0.5, 0.6) is 0 Å². The third kappa shape index (κ3) is 1.79. The van der Waals surface area contributed by atoms with Crippen LogP contribution in [0.4, 0.5) is 0 Å². The Hall–Kier alpha value is -0.120. The number of ether oxygens (including phenoxy) is 1. The standard InChI is InChI=1S/C9H20N2O/c1-8-4-5-9(6-10,7-12-8)11(2)3/h8H,4-7,10H2,1-3H3. The molecule has 1 heterocycles. The van der Waals surface area contributed by atoms with E-state index in [0.717, 1.165) is 19.4 Å². The van der Waals surface area contributed by atoms with Gasteiger partial charge in [-0.3, -0.25) is 0 Å². The summed E-state index contributed by atoms with van der Waals surface area (Å²) in [6.07, 6.45) is 2.68. The molecule has 1 aliphatic heterocycles. The molecule has 0 aromatic carbocycles. The van der Waals surface area contributed by atoms with Gasteiger partial charge in [-0.05, 0) is 33.9 Å². The first-order valence-corrected chi connectivity index (χ1v) is 4.60. The SMILES string of the molecule is CC1CCC(CN)(N(C)C)CO1. The van der Waals surface area contributed by atoms with E-state index in [1.54, 1.807) is 0 Å². The van der Waals surface area contributed by atoms with Crippen molar-refractivity contribution >= 4 is 0 Å². The van der Waals surface area contributed by atoms with Gasteiger partial charge in [0.2, 0.25) is 0 Å². The maximum atomic E-state index is 5.76. The van der Waals surface area contributed by atoms with Crippen molar-refractivity contribution in [3.05, 3.63) is 0 Å². The van der Waals surface area contributed by atoms with Gasteiger partial charge in [0.25, 0.3) is 0 Å². The van der Waals surface area contributed by atoms with Gasteiger partial charge in [0.15, 0.2) is 0 Å². The molecule has 0 amide bonds. The lowest BCUT2D eigenvalue weighted by Gasteiger charge is -2.43. The van der Waals surface area contributed by atoms with Crippen molar-refractivity contribution in [3.8, 4) is 0 Å². The number of nitrogens with zero attached hydrogens (tertiary/aromatic N) is 1. The van der Waals surface area contributed by atoms with Gasteiger partial charge in [-0.15, -0.1) is 0 Å². The maximum absolute atomic E-state index is 5.76. The van der Waals surface area contributed by atoms with E-state index in [4.69, 9.17) is 10.5 Å². The van der Waals surface area contributed by atoms with Crippen LogP contribution in [-0.4, -0.2) is 43.8 Å². The van der Waals surface area contributed by atoms with Gasteiger partial charge in [-0.2, -0.15) is 0 Å². The summed E-state index contributed by atoms with van der Waals surface area (Å²) in [7, 11) is 4.15. The van der Waals surface area contributed by atoms with Crippen LogP contribution in [0, 0.1) is 0 Å². The maximum Gasteiger partial charge on any atom is 0.0666 e. The second kappa shape index (κ2) is 3.73. The minimum Gasteiger partial charge on any atom is -0.377 e. The first-order valence-electron chi connectivity index (χ1n) is 4.60. The van der Waals surface area contributed by atoms with Gasteiger partial charge in [-0.25, -0.2) is 0 Å². The molecule has 1 fully saturated rings. The fraction of sp³-hybridized carbons (Fsp3) is 1.00. The van der Waals surface area contributed by atoms with Gasteiger partial charge in [0.05, 0.1) is 18.2 Å². The molecule has 1 rings (SSSR count). The Bertz CT molecular complexity index is 139. The van der Waals surface area contributed by atoms with Crippen LogP contribution in [0.2, 0.25) is 0 Å². The van der Waals surface area contributed by atoms with Crippen molar-refractivity contribution in [2.24, 2.45) is 5.73 Å². The van der Waals surface area contributed by atoms with E-state index >= 15 is 0 Å². The molecular formula is C9H20N2O. The molecule has 3 heteroatoms. The van der Waals surface area contributed by atoms with Gasteiger partial charge in [0, 0.05) is 6.54 Å². The van der Waals surface area contributed by atoms with Crippen molar-refractivity contribution in [1.29, 1.82) is 0 Å². The molecule has 0 spiro atoms. The van der Waals surface area contributed by atoms with Crippen molar-refractivity contribution in [1.82, 2.24) is 4.90 Å². The van der Waals surface area contributed by atoms with Crippen LogP contribution in [0.3, 0.4) is 0 Å². The number of likely N-dealkylation sites (N-methyl/N-ethyl adjacent to an activating group) is 1. The van der Waals surface area contributed by atoms with Crippen molar-refractivity contribution in [2.75, 3.05) is 27.2 Å². The van der Waals surface area contributed by atoms with Gasteiger partial charge in [0.1, 0.15) is 0 Å².